The van der Waals surface area contributed by atoms with Crippen molar-refractivity contribution in [3.8, 4) is 5.75 Å². The van der Waals surface area contributed by atoms with E-state index in [4.69, 9.17) is 19.6 Å². The van der Waals surface area contributed by atoms with E-state index in [0.29, 0.717) is 37.9 Å². The fraction of sp³-hybridized carbons (Fsp3) is 0.541. The monoisotopic (exact) mass is 739 g/mol. The number of methoxy groups -OCH3 is 1. The van der Waals surface area contributed by atoms with Crippen molar-refractivity contribution in [2.24, 2.45) is 5.73 Å². The van der Waals surface area contributed by atoms with Crippen molar-refractivity contribution in [2.75, 3.05) is 58.5 Å². The van der Waals surface area contributed by atoms with E-state index in [2.05, 4.69) is 22.9 Å². The van der Waals surface area contributed by atoms with Crippen LogP contribution in [-0.2, 0) is 27.7 Å². The maximum Gasteiger partial charge on any atom is 0.341 e. The number of hydrogen-bond acceptors (Lipinski definition) is 10. The van der Waals surface area contributed by atoms with Crippen LogP contribution in [0.15, 0.2) is 26.2 Å². The van der Waals surface area contributed by atoms with Gasteiger partial charge in [0.05, 0.1) is 42.5 Å². The number of carbonyl (C=O) groups is 2. The number of ether oxygens (including phenoxy) is 2. The summed E-state index contributed by atoms with van der Waals surface area (Å²) in [5, 5.41) is 0.800. The molecule has 3 fully saturated rings. The van der Waals surface area contributed by atoms with Gasteiger partial charge in [0.25, 0.3) is 11.8 Å². The number of nitrogens with two attached hydrogens (primary N) is 1. The lowest BCUT2D eigenvalue weighted by Crippen LogP contribution is -2.53. The van der Waals surface area contributed by atoms with Gasteiger partial charge >= 0.3 is 5.63 Å². The molecule has 2 aromatic carbocycles. The fourth-order valence-electron chi connectivity index (χ4n) is 7.93. The number of fused-ring (bicyclic) bond motifs is 3. The highest BCUT2D eigenvalue weighted by atomic mass is 32.2. The maximum atomic E-state index is 16.2. The molecule has 2 aliphatic heterocycles. The number of amides is 2. The summed E-state index contributed by atoms with van der Waals surface area (Å²) in [6, 6.07) is 2.50. The van der Waals surface area contributed by atoms with E-state index in [0.717, 1.165) is 53.5 Å². The summed E-state index contributed by atoms with van der Waals surface area (Å²) < 4.78 is 63.7. The van der Waals surface area contributed by atoms with E-state index in [1.807, 2.05) is 13.8 Å². The van der Waals surface area contributed by atoms with Crippen LogP contribution in [0.3, 0.4) is 0 Å². The summed E-state index contributed by atoms with van der Waals surface area (Å²) in [7, 11) is -0.759. The van der Waals surface area contributed by atoms with Gasteiger partial charge in [-0.05, 0) is 83.2 Å². The van der Waals surface area contributed by atoms with E-state index in [1.54, 1.807) is 14.0 Å². The summed E-state index contributed by atoms with van der Waals surface area (Å²) in [5.41, 5.74) is 8.00. The van der Waals surface area contributed by atoms with Crippen molar-refractivity contribution in [2.45, 2.75) is 82.4 Å². The van der Waals surface area contributed by atoms with Crippen LogP contribution in [0.4, 0.5) is 10.1 Å². The topological polar surface area (TPSA) is 156 Å². The molecule has 0 spiro atoms. The minimum atomic E-state index is -4.53. The maximum absolute atomic E-state index is 16.2. The number of hydrogen-bond donors (Lipinski definition) is 1. The van der Waals surface area contributed by atoms with Crippen LogP contribution < -0.4 is 21.0 Å². The van der Waals surface area contributed by atoms with E-state index in [9.17, 15) is 22.8 Å². The van der Waals surface area contributed by atoms with Crippen LogP contribution in [0.5, 0.6) is 5.75 Å². The van der Waals surface area contributed by atoms with Crippen LogP contribution in [0, 0.1) is 19.7 Å². The second-order valence-corrected chi connectivity index (χ2v) is 16.2. The number of likely N-dealkylation sites (N-methyl/N-ethyl adjacent to an activating group) is 1. The second-order valence-electron chi connectivity index (χ2n) is 14.4. The first-order valence-corrected chi connectivity index (χ1v) is 19.4. The number of sulfonamides is 1. The number of carbonyl (C=O) groups excluding carboxylic acids is 2. The number of nitrogens with zero attached hydrogens (tertiary/aromatic N) is 4. The second kappa shape index (κ2) is 13.7. The Balaban J connectivity index is 1.29. The SMILES string of the molecule is CCOc1c(C(N)=O)cc(F)c(C(=O)N2CCc3c(c(=O)oc4c(C)c(N5CCN(C)C(COC)C5)cc(C)c34)C2)c1S(=O)(=O)N(C1CC1)C1CC1. The Morgan fingerprint density at radius 1 is 1.08 bits per heavy atom. The van der Waals surface area contributed by atoms with E-state index >= 15 is 4.39 Å². The lowest BCUT2D eigenvalue weighted by Gasteiger charge is -2.41. The molecule has 4 aliphatic rings. The van der Waals surface area contributed by atoms with Crippen molar-refractivity contribution >= 4 is 38.5 Å². The average molecular weight is 740 g/mol. The van der Waals surface area contributed by atoms with Gasteiger partial charge in [-0.1, -0.05) is 0 Å². The summed E-state index contributed by atoms with van der Waals surface area (Å²) in [4.78, 5) is 45.8. The van der Waals surface area contributed by atoms with Crippen LogP contribution >= 0.6 is 0 Å². The largest absolute Gasteiger partial charge is 0.492 e. The molecule has 15 heteroatoms. The van der Waals surface area contributed by atoms with Crippen molar-refractivity contribution < 1.29 is 36.3 Å². The Morgan fingerprint density at radius 3 is 2.38 bits per heavy atom. The predicted octanol–water partition coefficient (Wildman–Crippen LogP) is 3.33. The van der Waals surface area contributed by atoms with Gasteiger partial charge in [-0.2, -0.15) is 4.31 Å². The normalized spacial score (nSPS) is 19.7. The van der Waals surface area contributed by atoms with Gasteiger partial charge in [0.15, 0.2) is 5.75 Å². The average Bonchev–Trinajstić information content (AvgIpc) is 4.05. The lowest BCUT2D eigenvalue weighted by atomic mass is 9.92. The molecule has 1 saturated heterocycles. The highest BCUT2D eigenvalue weighted by Crippen LogP contribution is 2.46. The van der Waals surface area contributed by atoms with Gasteiger partial charge in [-0.15, -0.1) is 0 Å². The molecule has 1 atom stereocenters. The molecule has 2 amide bonds. The van der Waals surface area contributed by atoms with Gasteiger partial charge in [0.1, 0.15) is 16.3 Å². The van der Waals surface area contributed by atoms with Crippen LogP contribution in [0.2, 0.25) is 0 Å². The molecule has 0 bridgehead atoms. The molecular weight excluding hydrogens is 693 g/mol. The molecule has 3 aromatic rings. The van der Waals surface area contributed by atoms with Gasteiger partial charge in [-0.3, -0.25) is 14.5 Å². The number of aryl methyl sites for hydroxylation is 2. The Kier molecular flexibility index (Phi) is 9.59. The number of rotatable bonds is 11. The summed E-state index contributed by atoms with van der Waals surface area (Å²) >= 11 is 0. The predicted molar refractivity (Wildman–Crippen MR) is 192 cm³/mol. The zero-order chi connectivity index (χ0) is 37.2. The number of halogens is 1. The van der Waals surface area contributed by atoms with Crippen LogP contribution in [0.1, 0.15) is 75.6 Å². The number of piperazine rings is 1. The molecule has 7 rings (SSSR count). The third-order valence-electron chi connectivity index (χ3n) is 10.9. The van der Waals surface area contributed by atoms with Crippen LogP contribution in [0.25, 0.3) is 11.0 Å². The molecule has 13 nitrogen and oxygen atoms in total. The molecular formula is C37H46FN5O8S. The Bertz CT molecular complexity index is 2120. The highest BCUT2D eigenvalue weighted by molar-refractivity contribution is 7.89. The Morgan fingerprint density at radius 2 is 1.77 bits per heavy atom. The van der Waals surface area contributed by atoms with Gasteiger partial charge < -0.3 is 29.4 Å². The number of primary amides is 1. The molecule has 280 valence electrons. The lowest BCUT2D eigenvalue weighted by molar-refractivity contribution is 0.0721. The quantitative estimate of drug-likeness (QED) is 0.290. The first-order valence-electron chi connectivity index (χ1n) is 17.9. The molecule has 3 heterocycles. The first-order chi connectivity index (χ1) is 24.8. The van der Waals surface area contributed by atoms with Gasteiger partial charge in [0.2, 0.25) is 10.0 Å². The van der Waals surface area contributed by atoms with Crippen molar-refractivity contribution in [3.05, 3.63) is 61.8 Å². The summed E-state index contributed by atoms with van der Waals surface area (Å²) in [5.74, 6) is -3.67. The van der Waals surface area contributed by atoms with Gasteiger partial charge in [-0.25, -0.2) is 17.6 Å². The fourth-order valence-corrected chi connectivity index (χ4v) is 10.2. The molecule has 2 N–H and O–H groups in total. The van der Waals surface area contributed by atoms with E-state index in [-0.39, 0.29) is 49.8 Å². The third kappa shape index (κ3) is 6.24. The molecule has 0 radical (unpaired) electrons. The van der Waals surface area contributed by atoms with E-state index < -0.39 is 55.1 Å². The molecule has 2 aliphatic carbocycles. The minimum Gasteiger partial charge on any atom is -0.492 e. The van der Waals surface area contributed by atoms with Crippen molar-refractivity contribution in [1.29, 1.82) is 0 Å². The van der Waals surface area contributed by atoms with Gasteiger partial charge in [0, 0.05) is 62.0 Å². The Hall–Kier alpha value is -4.05. The highest BCUT2D eigenvalue weighted by Gasteiger charge is 2.50. The molecule has 1 aromatic heterocycles. The first kappa shape index (κ1) is 36.3. The molecule has 52 heavy (non-hydrogen) atoms. The number of anilines is 1. The van der Waals surface area contributed by atoms with Crippen LogP contribution in [-0.4, -0.2) is 106 Å². The summed E-state index contributed by atoms with van der Waals surface area (Å²) in [6.07, 6.45) is 2.80. The summed E-state index contributed by atoms with van der Waals surface area (Å²) in [6.45, 7) is 8.29. The van der Waals surface area contributed by atoms with E-state index in [1.165, 1.54) is 9.21 Å². The smallest absolute Gasteiger partial charge is 0.341 e. The third-order valence-corrected chi connectivity index (χ3v) is 12.9. The standard InChI is InChI=1S/C37H46FN5O8S/c1-6-50-33-26(35(39)44)16-28(38)31(34(33)52(47,48)43(22-7-8-22)23-9-10-23)36(45)42-12-11-25-27(18-42)37(46)51-32-21(3)29(15-20(2)30(25)32)41-14-13-40(4)24(17-41)19-49-5/h15-16,22-24H,6-14,17-19H2,1-5H3,(H2,39,44). The Labute approximate surface area is 302 Å². The van der Waals surface area contributed by atoms with Crippen molar-refractivity contribution in [1.82, 2.24) is 14.1 Å². The van der Waals surface area contributed by atoms with Crippen molar-refractivity contribution in [3.63, 3.8) is 0 Å². The molecule has 2 saturated carbocycles. The zero-order valence-corrected chi connectivity index (χ0v) is 31.1. The molecule has 1 unspecified atom stereocenters. The minimum absolute atomic E-state index is 0.0663. The zero-order valence-electron chi connectivity index (χ0n) is 30.3. The number of benzene rings is 2.